The zero-order valence-electron chi connectivity index (χ0n) is 33.5. The third-order valence-corrected chi connectivity index (χ3v) is 10.8. The van der Waals surface area contributed by atoms with E-state index in [4.69, 9.17) is 29.0 Å². The Kier molecular flexibility index (Phi) is 22.2. The number of ether oxygens (including phenoxy) is 3. The van der Waals surface area contributed by atoms with Gasteiger partial charge >= 0.3 is 7.82 Å². The monoisotopic (exact) mass is 815 g/mol. The molecule has 0 saturated heterocycles. The summed E-state index contributed by atoms with van der Waals surface area (Å²) in [6.45, 7) is 1.38. The molecule has 0 bridgehead atoms. The minimum Gasteiger partial charge on any atom is -0.386 e. The van der Waals surface area contributed by atoms with Crippen LogP contribution in [0.5, 0.6) is 0 Å². The average Bonchev–Trinajstić information content (AvgIpc) is 3.67. The number of rotatable bonds is 32. The molecule has 3 aromatic rings. The molecule has 0 aromatic carbocycles. The number of aromatic nitrogens is 4. The second-order valence-corrected chi connectivity index (χ2v) is 15.8. The molecule has 57 heavy (non-hydrogen) atoms. The number of aliphatic hydroxyl groups excluding tert-OH is 2. The summed E-state index contributed by atoms with van der Waals surface area (Å²) >= 11 is 0. The SMILES string of the molecule is CCCCCCCCCCCCCCCCCCOC[C@H](COP(=O)(O)OCC(C#N)(OC)[C@@H](O)[C@@H](O)c1ccc2c(N)ncnn12)OCc1cncc(C#N)c1. The minimum atomic E-state index is -4.89. The van der Waals surface area contributed by atoms with E-state index in [2.05, 4.69) is 22.0 Å². The third kappa shape index (κ3) is 16.7. The Labute approximate surface area is 336 Å². The van der Waals surface area contributed by atoms with Crippen LogP contribution in [0.2, 0.25) is 0 Å². The van der Waals surface area contributed by atoms with E-state index in [9.17, 15) is 30.2 Å². The van der Waals surface area contributed by atoms with Crippen molar-refractivity contribution < 1.29 is 42.9 Å². The molecule has 17 heteroatoms. The number of phosphoric acid groups is 1. The molecule has 0 spiro atoms. The number of anilines is 1. The van der Waals surface area contributed by atoms with Crippen molar-refractivity contribution >= 4 is 19.2 Å². The van der Waals surface area contributed by atoms with Crippen LogP contribution in [-0.4, -0.2) is 86.0 Å². The molecule has 0 radical (unpaired) electrons. The lowest BCUT2D eigenvalue weighted by Crippen LogP contribution is -2.50. The van der Waals surface area contributed by atoms with Gasteiger partial charge in [0.25, 0.3) is 0 Å². The van der Waals surface area contributed by atoms with Gasteiger partial charge in [0.05, 0.1) is 31.1 Å². The van der Waals surface area contributed by atoms with Crippen LogP contribution in [-0.2, 0) is 34.4 Å². The van der Waals surface area contributed by atoms with E-state index in [0.29, 0.717) is 23.3 Å². The van der Waals surface area contributed by atoms with Crippen LogP contribution in [0.1, 0.15) is 133 Å². The predicted molar refractivity (Wildman–Crippen MR) is 213 cm³/mol. The Morgan fingerprint density at radius 2 is 1.54 bits per heavy atom. The Morgan fingerprint density at radius 1 is 0.912 bits per heavy atom. The van der Waals surface area contributed by atoms with Gasteiger partial charge in [-0.05, 0) is 30.2 Å². The van der Waals surface area contributed by atoms with E-state index >= 15 is 0 Å². The van der Waals surface area contributed by atoms with Crippen molar-refractivity contribution in [2.45, 2.75) is 140 Å². The summed E-state index contributed by atoms with van der Waals surface area (Å²) in [5.41, 5.74) is 4.92. The van der Waals surface area contributed by atoms with E-state index in [-0.39, 0.29) is 24.7 Å². The summed E-state index contributed by atoms with van der Waals surface area (Å²) in [6, 6.07) is 8.34. The van der Waals surface area contributed by atoms with Gasteiger partial charge < -0.3 is 35.1 Å². The first-order valence-electron chi connectivity index (χ1n) is 20.2. The summed E-state index contributed by atoms with van der Waals surface area (Å²) in [7, 11) is -3.81. The summed E-state index contributed by atoms with van der Waals surface area (Å²) in [5.74, 6) is 0.123. The van der Waals surface area contributed by atoms with E-state index in [1.165, 1.54) is 106 Å². The van der Waals surface area contributed by atoms with Crippen molar-refractivity contribution in [1.82, 2.24) is 19.6 Å². The number of phosphoric ester groups is 1. The van der Waals surface area contributed by atoms with Crippen LogP contribution in [0.15, 0.2) is 36.9 Å². The largest absolute Gasteiger partial charge is 0.472 e. The molecule has 5 N–H and O–H groups in total. The maximum absolute atomic E-state index is 13.1. The Hall–Kier alpha value is -3.54. The number of hydrogen-bond donors (Lipinski definition) is 4. The smallest absolute Gasteiger partial charge is 0.386 e. The quantitative estimate of drug-likeness (QED) is 0.0371. The highest BCUT2D eigenvalue weighted by Crippen LogP contribution is 2.45. The molecule has 2 unspecified atom stereocenters. The summed E-state index contributed by atoms with van der Waals surface area (Å²) in [5, 5.41) is 45.4. The number of unbranched alkanes of at least 4 members (excludes halogenated alkanes) is 15. The van der Waals surface area contributed by atoms with Gasteiger partial charge in [0.1, 0.15) is 48.9 Å². The summed E-state index contributed by atoms with van der Waals surface area (Å²) in [6.07, 6.45) is 19.8. The van der Waals surface area contributed by atoms with Crippen LogP contribution in [0.25, 0.3) is 5.52 Å². The molecule has 3 rings (SSSR count). The van der Waals surface area contributed by atoms with Crippen molar-refractivity contribution in [3.05, 3.63) is 53.7 Å². The third-order valence-electron chi connectivity index (χ3n) is 9.87. The topological polar surface area (TPSA) is 241 Å². The Bertz CT molecular complexity index is 1720. The van der Waals surface area contributed by atoms with Gasteiger partial charge in [-0.1, -0.05) is 103 Å². The number of nitrogen functional groups attached to an aromatic ring is 1. The maximum Gasteiger partial charge on any atom is 0.472 e. The molecule has 3 heterocycles. The van der Waals surface area contributed by atoms with Gasteiger partial charge in [0, 0.05) is 26.1 Å². The second-order valence-electron chi connectivity index (χ2n) is 14.3. The molecule has 0 saturated carbocycles. The van der Waals surface area contributed by atoms with Gasteiger partial charge in [-0.25, -0.2) is 14.1 Å². The first-order valence-corrected chi connectivity index (χ1v) is 21.6. The molecule has 3 aromatic heterocycles. The van der Waals surface area contributed by atoms with Crippen LogP contribution >= 0.6 is 7.82 Å². The Morgan fingerprint density at radius 3 is 2.14 bits per heavy atom. The van der Waals surface area contributed by atoms with Crippen LogP contribution < -0.4 is 5.73 Å². The van der Waals surface area contributed by atoms with Gasteiger partial charge in [0.15, 0.2) is 5.82 Å². The number of hydrogen-bond acceptors (Lipinski definition) is 14. The van der Waals surface area contributed by atoms with Crippen LogP contribution in [0.3, 0.4) is 0 Å². The van der Waals surface area contributed by atoms with E-state index in [0.717, 1.165) is 32.7 Å². The average molecular weight is 816 g/mol. The van der Waals surface area contributed by atoms with Crippen molar-refractivity contribution in [2.24, 2.45) is 0 Å². The van der Waals surface area contributed by atoms with Crippen LogP contribution in [0, 0.1) is 22.7 Å². The molecule has 316 valence electrons. The number of aliphatic hydroxyl groups is 2. The fraction of sp³-hybridized carbons (Fsp3) is 0.675. The highest BCUT2D eigenvalue weighted by Gasteiger charge is 2.46. The zero-order chi connectivity index (χ0) is 41.4. The summed E-state index contributed by atoms with van der Waals surface area (Å²) in [4.78, 5) is 18.5. The molecule has 0 aliphatic rings. The lowest BCUT2D eigenvalue weighted by atomic mass is 9.93. The maximum atomic E-state index is 13.1. The van der Waals surface area contributed by atoms with Gasteiger partial charge in [-0.3, -0.25) is 14.0 Å². The molecule has 0 fully saturated rings. The molecule has 5 atom stereocenters. The van der Waals surface area contributed by atoms with Crippen molar-refractivity contribution in [2.75, 3.05) is 39.3 Å². The lowest BCUT2D eigenvalue weighted by Gasteiger charge is -2.33. The first kappa shape index (κ1) is 47.8. The molecular weight excluding hydrogens is 753 g/mol. The number of nitriles is 2. The number of pyridine rings is 1. The highest BCUT2D eigenvalue weighted by atomic mass is 31.2. The van der Waals surface area contributed by atoms with Crippen LogP contribution in [0.4, 0.5) is 5.82 Å². The van der Waals surface area contributed by atoms with E-state index in [1.54, 1.807) is 18.3 Å². The lowest BCUT2D eigenvalue weighted by molar-refractivity contribution is -0.134. The minimum absolute atomic E-state index is 0.0197. The Balaban J connectivity index is 1.44. The first-order chi connectivity index (χ1) is 27.6. The fourth-order valence-electron chi connectivity index (χ4n) is 6.37. The van der Waals surface area contributed by atoms with Crippen molar-refractivity contribution in [1.29, 1.82) is 10.5 Å². The standard InChI is InChI=1S/C40H62N7O9P/c1-3-4-5-6-7-8-9-10-11-12-13-14-15-16-17-18-21-53-27-34(54-26-33-22-32(23-41)24-44-25-33)28-55-57(50,51)56-30-40(29-42,52-2)38(49)37(48)35-19-20-36-39(43)45-31-46-47(35)36/h19-20,22,24-25,31,34,37-38,48-49H,3-18,21,26-28,30H2,1-2H3,(H,50,51)(H2,43,45,46)/t34-,37+,38+,40?/m1/s1. The molecule has 0 amide bonds. The molecular formula is C40H62N7O9P. The van der Waals surface area contributed by atoms with E-state index in [1.807, 2.05) is 6.07 Å². The number of methoxy groups -OCH3 is 1. The zero-order valence-corrected chi connectivity index (χ0v) is 34.4. The normalized spacial score (nSPS) is 15.4. The van der Waals surface area contributed by atoms with Gasteiger partial charge in [-0.2, -0.15) is 15.6 Å². The number of nitrogens with zero attached hydrogens (tertiary/aromatic N) is 6. The highest BCUT2D eigenvalue weighted by molar-refractivity contribution is 7.47. The van der Waals surface area contributed by atoms with Gasteiger partial charge in [0.2, 0.25) is 5.60 Å². The molecule has 16 nitrogen and oxygen atoms in total. The number of fused-ring (bicyclic) bond motifs is 1. The van der Waals surface area contributed by atoms with Crippen molar-refractivity contribution in [3.63, 3.8) is 0 Å². The predicted octanol–water partition coefficient (Wildman–Crippen LogP) is 6.88. The summed E-state index contributed by atoms with van der Waals surface area (Å²) < 4.78 is 41.7. The second kappa shape index (κ2) is 26.5. The molecule has 0 aliphatic heterocycles. The fourth-order valence-corrected chi connectivity index (χ4v) is 7.15. The van der Waals surface area contributed by atoms with E-state index < -0.39 is 44.9 Å². The van der Waals surface area contributed by atoms with Crippen molar-refractivity contribution in [3.8, 4) is 12.1 Å². The molecule has 0 aliphatic carbocycles. The van der Waals surface area contributed by atoms with Gasteiger partial charge in [-0.15, -0.1) is 0 Å². The number of nitrogens with two attached hydrogens (primary N) is 1.